The van der Waals surface area contributed by atoms with Gasteiger partial charge in [-0.25, -0.2) is 0 Å². The zero-order valence-electron chi connectivity index (χ0n) is 13.8. The van der Waals surface area contributed by atoms with Gasteiger partial charge in [-0.15, -0.1) is 12.4 Å². The number of nitrogens with one attached hydrogen (secondary N) is 1. The third-order valence-electron chi connectivity index (χ3n) is 3.55. The number of halogens is 1. The van der Waals surface area contributed by atoms with Crippen LogP contribution in [0.15, 0.2) is 24.3 Å². The molecule has 0 aromatic heterocycles. The Bertz CT molecular complexity index is 421. The molecule has 0 heterocycles. The summed E-state index contributed by atoms with van der Waals surface area (Å²) in [5.74, 6) is 0.572. The van der Waals surface area contributed by atoms with Crippen LogP contribution in [0.1, 0.15) is 56.2 Å². The Balaban J connectivity index is 0.00000441. The number of carbonyl (C=O) groups excluding carboxylic acids is 1. The Labute approximate surface area is 140 Å². The SMILES string of the molecule is COCCCCC(=O)NCC(N)c1ccc(C(C)C)cc1.Cl. The Morgan fingerprint density at radius 2 is 1.77 bits per heavy atom. The maximum atomic E-state index is 11.7. The molecular weight excluding hydrogens is 300 g/mol. The predicted molar refractivity (Wildman–Crippen MR) is 93.4 cm³/mol. The molecule has 1 aromatic carbocycles. The minimum Gasteiger partial charge on any atom is -0.385 e. The molecule has 1 amide bonds. The number of benzene rings is 1. The van der Waals surface area contributed by atoms with Crippen molar-refractivity contribution < 1.29 is 9.53 Å². The van der Waals surface area contributed by atoms with Gasteiger partial charge >= 0.3 is 0 Å². The molecule has 0 spiro atoms. The van der Waals surface area contributed by atoms with Crippen LogP contribution < -0.4 is 11.1 Å². The monoisotopic (exact) mass is 328 g/mol. The molecule has 1 unspecified atom stereocenters. The molecule has 0 saturated carbocycles. The van der Waals surface area contributed by atoms with E-state index in [0.29, 0.717) is 25.5 Å². The molecule has 0 fully saturated rings. The summed E-state index contributed by atoms with van der Waals surface area (Å²) >= 11 is 0. The van der Waals surface area contributed by atoms with Crippen LogP contribution in [0.4, 0.5) is 0 Å². The summed E-state index contributed by atoms with van der Waals surface area (Å²) in [6, 6.07) is 8.14. The molecule has 5 heteroatoms. The number of amides is 1. The first-order chi connectivity index (χ1) is 10.0. The van der Waals surface area contributed by atoms with Gasteiger partial charge < -0.3 is 15.8 Å². The van der Waals surface area contributed by atoms with Gasteiger partial charge in [0, 0.05) is 32.7 Å². The maximum absolute atomic E-state index is 11.7. The number of rotatable bonds is 9. The summed E-state index contributed by atoms with van der Waals surface area (Å²) < 4.78 is 4.95. The molecule has 0 aliphatic rings. The number of unbranched alkanes of at least 4 members (excludes halogenated alkanes) is 1. The van der Waals surface area contributed by atoms with E-state index in [1.165, 1.54) is 5.56 Å². The third-order valence-corrected chi connectivity index (χ3v) is 3.55. The van der Waals surface area contributed by atoms with E-state index in [2.05, 4.69) is 31.3 Å². The van der Waals surface area contributed by atoms with E-state index < -0.39 is 0 Å². The fourth-order valence-corrected chi connectivity index (χ4v) is 2.09. The van der Waals surface area contributed by atoms with Crippen LogP contribution in [-0.4, -0.2) is 26.2 Å². The van der Waals surface area contributed by atoms with E-state index in [1.54, 1.807) is 7.11 Å². The molecule has 1 rings (SSSR count). The van der Waals surface area contributed by atoms with Crippen LogP contribution in [0.25, 0.3) is 0 Å². The Morgan fingerprint density at radius 1 is 1.18 bits per heavy atom. The molecule has 1 atom stereocenters. The summed E-state index contributed by atoms with van der Waals surface area (Å²) in [6.07, 6.45) is 2.28. The van der Waals surface area contributed by atoms with Crippen molar-refractivity contribution >= 4 is 18.3 Å². The number of hydrogen-bond acceptors (Lipinski definition) is 3. The van der Waals surface area contributed by atoms with Crippen molar-refractivity contribution in [2.75, 3.05) is 20.3 Å². The van der Waals surface area contributed by atoms with Gasteiger partial charge in [0.25, 0.3) is 0 Å². The molecule has 0 aliphatic heterocycles. The maximum Gasteiger partial charge on any atom is 0.220 e. The zero-order chi connectivity index (χ0) is 15.7. The molecule has 4 nitrogen and oxygen atoms in total. The van der Waals surface area contributed by atoms with Crippen molar-refractivity contribution in [3.8, 4) is 0 Å². The first kappa shape index (κ1) is 20.9. The number of hydrogen-bond donors (Lipinski definition) is 2. The molecule has 126 valence electrons. The molecule has 22 heavy (non-hydrogen) atoms. The van der Waals surface area contributed by atoms with Gasteiger partial charge in [0.1, 0.15) is 0 Å². The minimum atomic E-state index is -0.158. The van der Waals surface area contributed by atoms with Gasteiger partial charge in [-0.1, -0.05) is 38.1 Å². The van der Waals surface area contributed by atoms with E-state index in [4.69, 9.17) is 10.5 Å². The van der Waals surface area contributed by atoms with Crippen molar-refractivity contribution in [3.05, 3.63) is 35.4 Å². The highest BCUT2D eigenvalue weighted by Gasteiger charge is 2.09. The highest BCUT2D eigenvalue weighted by molar-refractivity contribution is 5.85. The summed E-state index contributed by atoms with van der Waals surface area (Å²) in [7, 11) is 1.67. The fraction of sp³-hybridized carbons (Fsp3) is 0.588. The highest BCUT2D eigenvalue weighted by atomic mass is 35.5. The molecular formula is C17H29ClN2O2. The second-order valence-electron chi connectivity index (χ2n) is 5.68. The lowest BCUT2D eigenvalue weighted by molar-refractivity contribution is -0.121. The molecule has 0 saturated heterocycles. The first-order valence-electron chi connectivity index (χ1n) is 7.65. The van der Waals surface area contributed by atoms with Crippen LogP contribution in [0.5, 0.6) is 0 Å². The summed E-state index contributed by atoms with van der Waals surface area (Å²) in [5, 5.41) is 2.89. The minimum absolute atomic E-state index is 0. The Kier molecular flexibility index (Phi) is 10.9. The third kappa shape index (κ3) is 7.78. The standard InChI is InChI=1S/C17H28N2O2.ClH/c1-13(2)14-7-9-15(10-8-14)16(18)12-19-17(20)6-4-5-11-21-3;/h7-10,13,16H,4-6,11-12,18H2,1-3H3,(H,19,20);1H. The highest BCUT2D eigenvalue weighted by Crippen LogP contribution is 2.17. The van der Waals surface area contributed by atoms with Crippen LogP contribution in [0.3, 0.4) is 0 Å². The van der Waals surface area contributed by atoms with E-state index in [1.807, 2.05) is 12.1 Å². The van der Waals surface area contributed by atoms with Gasteiger partial charge in [0.2, 0.25) is 5.91 Å². The average Bonchev–Trinajstić information content (AvgIpc) is 2.49. The van der Waals surface area contributed by atoms with Crippen molar-refractivity contribution in [3.63, 3.8) is 0 Å². The fourth-order valence-electron chi connectivity index (χ4n) is 2.09. The molecule has 1 aromatic rings. The lowest BCUT2D eigenvalue weighted by atomic mass is 9.99. The quantitative estimate of drug-likeness (QED) is 0.684. The number of nitrogens with two attached hydrogens (primary N) is 1. The van der Waals surface area contributed by atoms with Crippen molar-refractivity contribution in [1.82, 2.24) is 5.32 Å². The van der Waals surface area contributed by atoms with E-state index >= 15 is 0 Å². The van der Waals surface area contributed by atoms with Crippen molar-refractivity contribution in [2.45, 2.75) is 45.1 Å². The summed E-state index contributed by atoms with van der Waals surface area (Å²) in [6.45, 7) is 5.51. The van der Waals surface area contributed by atoms with Crippen LogP contribution in [0.2, 0.25) is 0 Å². The smallest absolute Gasteiger partial charge is 0.220 e. The molecule has 0 radical (unpaired) electrons. The van der Waals surface area contributed by atoms with E-state index in [0.717, 1.165) is 18.4 Å². The van der Waals surface area contributed by atoms with Gasteiger partial charge in [-0.2, -0.15) is 0 Å². The number of ether oxygens (including phenoxy) is 1. The van der Waals surface area contributed by atoms with E-state index in [9.17, 15) is 4.79 Å². The summed E-state index contributed by atoms with van der Waals surface area (Å²) in [5.41, 5.74) is 8.47. The number of carbonyl (C=O) groups is 1. The Hall–Kier alpha value is -1.10. The predicted octanol–water partition coefficient (Wildman–Crippen LogP) is 3.16. The Morgan fingerprint density at radius 3 is 2.32 bits per heavy atom. The van der Waals surface area contributed by atoms with Crippen LogP contribution in [0, 0.1) is 0 Å². The van der Waals surface area contributed by atoms with Crippen LogP contribution in [-0.2, 0) is 9.53 Å². The summed E-state index contributed by atoms with van der Waals surface area (Å²) in [4.78, 5) is 11.7. The van der Waals surface area contributed by atoms with Crippen LogP contribution >= 0.6 is 12.4 Å². The van der Waals surface area contributed by atoms with Gasteiger partial charge in [0.05, 0.1) is 0 Å². The second-order valence-corrected chi connectivity index (χ2v) is 5.68. The van der Waals surface area contributed by atoms with Gasteiger partial charge in [-0.05, 0) is 29.9 Å². The zero-order valence-corrected chi connectivity index (χ0v) is 14.6. The van der Waals surface area contributed by atoms with Gasteiger partial charge in [-0.3, -0.25) is 4.79 Å². The second kappa shape index (κ2) is 11.5. The molecule has 3 N–H and O–H groups in total. The largest absolute Gasteiger partial charge is 0.385 e. The normalized spacial score (nSPS) is 11.9. The lowest BCUT2D eigenvalue weighted by Crippen LogP contribution is -2.31. The van der Waals surface area contributed by atoms with E-state index in [-0.39, 0.29) is 24.4 Å². The first-order valence-corrected chi connectivity index (χ1v) is 7.65. The topological polar surface area (TPSA) is 64.3 Å². The average molecular weight is 329 g/mol. The lowest BCUT2D eigenvalue weighted by Gasteiger charge is -2.14. The molecule has 0 bridgehead atoms. The van der Waals surface area contributed by atoms with Gasteiger partial charge in [0.15, 0.2) is 0 Å². The van der Waals surface area contributed by atoms with Crippen molar-refractivity contribution in [2.24, 2.45) is 5.73 Å². The van der Waals surface area contributed by atoms with Crippen molar-refractivity contribution in [1.29, 1.82) is 0 Å². The number of methoxy groups -OCH3 is 1. The molecule has 0 aliphatic carbocycles.